The molecule has 0 aromatic heterocycles. The lowest BCUT2D eigenvalue weighted by atomic mass is 10.1. The zero-order valence-electron chi connectivity index (χ0n) is 10.9. The number of carboxylic acid groups (broad SMARTS) is 1. The molecule has 0 saturated heterocycles. The largest absolute Gasteiger partial charge is 0.478 e. The second kappa shape index (κ2) is 4.88. The average molecular weight is 248 g/mol. The normalized spacial score (nSPS) is 14.8. The molecule has 0 unspecified atom stereocenters. The van der Waals surface area contributed by atoms with E-state index in [1.165, 1.54) is 12.8 Å². The van der Waals surface area contributed by atoms with Gasteiger partial charge in [-0.1, -0.05) is 0 Å². The van der Waals surface area contributed by atoms with E-state index in [1.807, 2.05) is 0 Å². The molecule has 4 heteroatoms. The third kappa shape index (κ3) is 2.75. The number of carboxylic acids is 1. The van der Waals surface area contributed by atoms with Gasteiger partial charge in [0.15, 0.2) is 0 Å². The Hall–Kier alpha value is -1.71. The highest BCUT2D eigenvalue weighted by Gasteiger charge is 2.27. The number of hydrogen-bond donors (Lipinski definition) is 2. The Morgan fingerprint density at radius 3 is 2.67 bits per heavy atom. The molecule has 1 aliphatic rings. The van der Waals surface area contributed by atoms with Crippen molar-refractivity contribution in [3.63, 3.8) is 0 Å². The van der Waals surface area contributed by atoms with Crippen LogP contribution in [0.4, 0.5) is 11.4 Å². The second-order valence-corrected chi connectivity index (χ2v) is 5.27. The molecule has 0 aliphatic heterocycles. The summed E-state index contributed by atoms with van der Waals surface area (Å²) in [4.78, 5) is 13.4. The van der Waals surface area contributed by atoms with E-state index in [9.17, 15) is 9.90 Å². The number of carbonyl (C=O) groups is 1. The van der Waals surface area contributed by atoms with Gasteiger partial charge in [0.2, 0.25) is 0 Å². The van der Waals surface area contributed by atoms with Crippen molar-refractivity contribution in [1.82, 2.24) is 0 Å². The number of benzene rings is 1. The van der Waals surface area contributed by atoms with E-state index in [0.717, 1.165) is 12.2 Å². The molecule has 0 spiro atoms. The molecule has 0 radical (unpaired) electrons. The average Bonchev–Trinajstić information content (AvgIpc) is 3.08. The number of anilines is 2. The molecule has 3 N–H and O–H groups in total. The SMILES string of the molecule is CC(C)N(CC1CC1)c1cc(N)ccc1C(=O)O. The van der Waals surface area contributed by atoms with Crippen LogP contribution in [0, 0.1) is 5.92 Å². The number of nitrogens with two attached hydrogens (primary N) is 1. The van der Waals surface area contributed by atoms with Crippen molar-refractivity contribution in [2.75, 3.05) is 17.2 Å². The second-order valence-electron chi connectivity index (χ2n) is 5.27. The van der Waals surface area contributed by atoms with E-state index in [4.69, 9.17) is 5.73 Å². The van der Waals surface area contributed by atoms with Gasteiger partial charge in [0, 0.05) is 18.3 Å². The Morgan fingerprint density at radius 2 is 2.17 bits per heavy atom. The van der Waals surface area contributed by atoms with Gasteiger partial charge in [0.05, 0.1) is 11.3 Å². The van der Waals surface area contributed by atoms with Gasteiger partial charge in [-0.2, -0.15) is 0 Å². The topological polar surface area (TPSA) is 66.6 Å². The quantitative estimate of drug-likeness (QED) is 0.786. The molecule has 2 rings (SSSR count). The molecule has 0 atom stereocenters. The first-order valence-corrected chi connectivity index (χ1v) is 6.38. The van der Waals surface area contributed by atoms with Gasteiger partial charge < -0.3 is 15.7 Å². The smallest absolute Gasteiger partial charge is 0.337 e. The fraction of sp³-hybridized carbons (Fsp3) is 0.500. The molecule has 98 valence electrons. The maximum Gasteiger partial charge on any atom is 0.337 e. The highest BCUT2D eigenvalue weighted by Crippen LogP contribution is 2.34. The van der Waals surface area contributed by atoms with Crippen molar-refractivity contribution < 1.29 is 9.90 Å². The predicted octanol–water partition coefficient (Wildman–Crippen LogP) is 2.59. The summed E-state index contributed by atoms with van der Waals surface area (Å²) in [5.74, 6) is -0.193. The Bertz CT molecular complexity index is 453. The minimum atomic E-state index is -0.897. The molecule has 1 aliphatic carbocycles. The van der Waals surface area contributed by atoms with Gasteiger partial charge >= 0.3 is 5.97 Å². The standard InChI is InChI=1S/C14H20N2O2/c1-9(2)16(8-10-3-4-10)13-7-11(15)5-6-12(13)14(17)18/h5-7,9-10H,3-4,8,15H2,1-2H3,(H,17,18). The first-order chi connectivity index (χ1) is 8.49. The van der Waals surface area contributed by atoms with E-state index in [-0.39, 0.29) is 6.04 Å². The monoisotopic (exact) mass is 248 g/mol. The zero-order chi connectivity index (χ0) is 13.3. The number of rotatable bonds is 5. The van der Waals surface area contributed by atoms with Crippen LogP contribution in [0.25, 0.3) is 0 Å². The third-order valence-corrected chi connectivity index (χ3v) is 3.34. The van der Waals surface area contributed by atoms with Crippen LogP contribution in [-0.4, -0.2) is 23.7 Å². The van der Waals surface area contributed by atoms with E-state index >= 15 is 0 Å². The molecule has 1 fully saturated rings. The molecule has 0 amide bonds. The summed E-state index contributed by atoms with van der Waals surface area (Å²) in [7, 11) is 0. The first-order valence-electron chi connectivity index (χ1n) is 6.38. The molecule has 1 saturated carbocycles. The van der Waals surface area contributed by atoms with Crippen LogP contribution in [0.5, 0.6) is 0 Å². The minimum absolute atomic E-state index is 0.269. The fourth-order valence-electron chi connectivity index (χ4n) is 2.13. The van der Waals surface area contributed by atoms with Crippen LogP contribution in [0.15, 0.2) is 18.2 Å². The van der Waals surface area contributed by atoms with Gasteiger partial charge in [-0.15, -0.1) is 0 Å². The summed E-state index contributed by atoms with van der Waals surface area (Å²) in [6.07, 6.45) is 2.49. The van der Waals surface area contributed by atoms with Crippen molar-refractivity contribution in [2.24, 2.45) is 5.92 Å². The summed E-state index contributed by atoms with van der Waals surface area (Å²) in [5, 5.41) is 9.27. The molecule has 1 aromatic carbocycles. The summed E-state index contributed by atoms with van der Waals surface area (Å²) >= 11 is 0. The van der Waals surface area contributed by atoms with E-state index < -0.39 is 5.97 Å². The van der Waals surface area contributed by atoms with E-state index in [0.29, 0.717) is 17.2 Å². The lowest BCUT2D eigenvalue weighted by Gasteiger charge is -2.30. The van der Waals surface area contributed by atoms with Crippen LogP contribution < -0.4 is 10.6 Å². The Morgan fingerprint density at radius 1 is 1.50 bits per heavy atom. The molecule has 4 nitrogen and oxygen atoms in total. The predicted molar refractivity (Wildman–Crippen MR) is 73.0 cm³/mol. The Balaban J connectivity index is 2.37. The maximum atomic E-state index is 11.3. The molecule has 0 heterocycles. The number of nitrogens with zero attached hydrogens (tertiary/aromatic N) is 1. The van der Waals surface area contributed by atoms with Gasteiger partial charge in [0.1, 0.15) is 0 Å². The Labute approximate surface area is 107 Å². The van der Waals surface area contributed by atoms with Crippen LogP contribution in [0.2, 0.25) is 0 Å². The highest BCUT2D eigenvalue weighted by atomic mass is 16.4. The molecular weight excluding hydrogens is 228 g/mol. The van der Waals surface area contributed by atoms with E-state index in [2.05, 4.69) is 18.7 Å². The minimum Gasteiger partial charge on any atom is -0.478 e. The Kier molecular flexibility index (Phi) is 3.45. The first kappa shape index (κ1) is 12.7. The lowest BCUT2D eigenvalue weighted by Crippen LogP contribution is -2.34. The molecule has 18 heavy (non-hydrogen) atoms. The van der Waals surface area contributed by atoms with Gasteiger partial charge in [-0.05, 0) is 50.8 Å². The van der Waals surface area contributed by atoms with Gasteiger partial charge in [-0.25, -0.2) is 4.79 Å². The molecule has 0 bridgehead atoms. The van der Waals surface area contributed by atoms with Crippen molar-refractivity contribution in [2.45, 2.75) is 32.7 Å². The van der Waals surface area contributed by atoms with Crippen molar-refractivity contribution >= 4 is 17.3 Å². The molecule has 1 aromatic rings. The highest BCUT2D eigenvalue weighted by molar-refractivity contribution is 5.95. The third-order valence-electron chi connectivity index (χ3n) is 3.34. The molecular formula is C14H20N2O2. The lowest BCUT2D eigenvalue weighted by molar-refractivity contribution is 0.0697. The summed E-state index contributed by atoms with van der Waals surface area (Å²) in [6.45, 7) is 5.08. The van der Waals surface area contributed by atoms with Crippen molar-refractivity contribution in [3.8, 4) is 0 Å². The maximum absolute atomic E-state index is 11.3. The van der Waals surface area contributed by atoms with Gasteiger partial charge in [0.25, 0.3) is 0 Å². The van der Waals surface area contributed by atoms with Gasteiger partial charge in [-0.3, -0.25) is 0 Å². The summed E-state index contributed by atoms with van der Waals surface area (Å²) in [5.41, 5.74) is 7.47. The summed E-state index contributed by atoms with van der Waals surface area (Å²) < 4.78 is 0. The van der Waals surface area contributed by atoms with Crippen LogP contribution in [0.3, 0.4) is 0 Å². The zero-order valence-corrected chi connectivity index (χ0v) is 10.9. The van der Waals surface area contributed by atoms with E-state index in [1.54, 1.807) is 18.2 Å². The number of nitrogen functional groups attached to an aromatic ring is 1. The van der Waals surface area contributed by atoms with Crippen molar-refractivity contribution in [3.05, 3.63) is 23.8 Å². The van der Waals surface area contributed by atoms with Crippen LogP contribution in [0.1, 0.15) is 37.0 Å². The van der Waals surface area contributed by atoms with Crippen molar-refractivity contribution in [1.29, 1.82) is 0 Å². The fourth-order valence-corrected chi connectivity index (χ4v) is 2.13. The summed E-state index contributed by atoms with van der Waals surface area (Å²) in [6, 6.07) is 5.27. The van der Waals surface area contributed by atoms with Crippen LogP contribution >= 0.6 is 0 Å². The number of aromatic carboxylic acids is 1. The van der Waals surface area contributed by atoms with Crippen LogP contribution in [-0.2, 0) is 0 Å². The number of hydrogen-bond acceptors (Lipinski definition) is 3.